The van der Waals surface area contributed by atoms with E-state index in [9.17, 15) is 0 Å². The molecule has 3 heteroatoms. The van der Waals surface area contributed by atoms with E-state index in [2.05, 4.69) is 74.4 Å². The molecule has 0 bridgehead atoms. The summed E-state index contributed by atoms with van der Waals surface area (Å²) in [5.41, 5.74) is 5.42. The van der Waals surface area contributed by atoms with Gasteiger partial charge >= 0.3 is 0 Å². The number of aromatic nitrogens is 1. The highest BCUT2D eigenvalue weighted by Gasteiger charge is 2.20. The van der Waals surface area contributed by atoms with E-state index < -0.39 is 8.07 Å². The van der Waals surface area contributed by atoms with E-state index in [4.69, 9.17) is 9.40 Å². The lowest BCUT2D eigenvalue weighted by Gasteiger charge is -2.21. The van der Waals surface area contributed by atoms with Gasteiger partial charge in [0.05, 0.1) is 13.8 Å². The second kappa shape index (κ2) is 7.14. The third-order valence-electron chi connectivity index (χ3n) is 6.50. The summed E-state index contributed by atoms with van der Waals surface area (Å²) in [6.45, 7) is 7.13. The Kier molecular flexibility index (Phi) is 4.58. The molecule has 1 aliphatic carbocycles. The molecule has 2 aromatic carbocycles. The van der Waals surface area contributed by atoms with Gasteiger partial charge in [-0.05, 0) is 42.5 Å². The third-order valence-corrected chi connectivity index (χ3v) is 8.55. The van der Waals surface area contributed by atoms with Crippen molar-refractivity contribution in [3.63, 3.8) is 0 Å². The number of rotatable bonds is 3. The normalized spacial score (nSPS) is 16.0. The van der Waals surface area contributed by atoms with Crippen molar-refractivity contribution in [2.75, 3.05) is 0 Å². The molecular weight excluding hydrogens is 370 g/mol. The van der Waals surface area contributed by atoms with Crippen molar-refractivity contribution in [2.24, 2.45) is 0 Å². The van der Waals surface area contributed by atoms with Crippen LogP contribution < -0.4 is 5.19 Å². The highest BCUT2D eigenvalue weighted by Crippen LogP contribution is 2.36. The summed E-state index contributed by atoms with van der Waals surface area (Å²) in [4.78, 5) is 4.85. The number of fused-ring (bicyclic) bond motifs is 3. The van der Waals surface area contributed by atoms with Gasteiger partial charge in [0.1, 0.15) is 11.2 Å². The lowest BCUT2D eigenvalue weighted by Crippen LogP contribution is -2.37. The fourth-order valence-corrected chi connectivity index (χ4v) is 5.86. The van der Waals surface area contributed by atoms with Gasteiger partial charge in [0.2, 0.25) is 0 Å². The zero-order valence-corrected chi connectivity index (χ0v) is 18.7. The van der Waals surface area contributed by atoms with E-state index >= 15 is 0 Å². The molecule has 2 heterocycles. The van der Waals surface area contributed by atoms with Crippen LogP contribution in [0.4, 0.5) is 0 Å². The molecule has 2 nitrogen and oxygen atoms in total. The molecule has 0 N–H and O–H groups in total. The Morgan fingerprint density at radius 2 is 1.72 bits per heavy atom. The van der Waals surface area contributed by atoms with Crippen LogP contribution in [0.3, 0.4) is 0 Å². The van der Waals surface area contributed by atoms with E-state index in [0.29, 0.717) is 5.92 Å². The van der Waals surface area contributed by atoms with Crippen molar-refractivity contribution < 1.29 is 4.42 Å². The second-order valence-electron chi connectivity index (χ2n) is 9.56. The molecule has 0 unspecified atom stereocenters. The summed E-state index contributed by atoms with van der Waals surface area (Å²) in [6, 6.07) is 17.6. The maximum absolute atomic E-state index is 6.40. The number of hydrogen-bond acceptors (Lipinski definition) is 2. The van der Waals surface area contributed by atoms with Crippen molar-refractivity contribution in [3.8, 4) is 11.3 Å². The van der Waals surface area contributed by atoms with E-state index in [1.54, 1.807) is 0 Å². The topological polar surface area (TPSA) is 26.0 Å². The lowest BCUT2D eigenvalue weighted by atomic mass is 9.85. The van der Waals surface area contributed by atoms with Crippen LogP contribution in [-0.4, -0.2) is 13.1 Å². The van der Waals surface area contributed by atoms with Gasteiger partial charge in [0.25, 0.3) is 0 Å². The molecule has 0 amide bonds. The molecule has 1 fully saturated rings. The van der Waals surface area contributed by atoms with Crippen LogP contribution in [0.2, 0.25) is 19.6 Å². The van der Waals surface area contributed by atoms with Gasteiger partial charge in [-0.2, -0.15) is 0 Å². The summed E-state index contributed by atoms with van der Waals surface area (Å²) in [6.07, 6.45) is 8.79. The Bertz CT molecular complexity index is 1160. The van der Waals surface area contributed by atoms with Crippen molar-refractivity contribution in [1.82, 2.24) is 4.98 Å². The zero-order valence-electron chi connectivity index (χ0n) is 17.7. The fraction of sp³-hybridized carbons (Fsp3) is 0.346. The number of benzene rings is 2. The maximum atomic E-state index is 6.40. The standard InChI is InChI=1S/C26H29NOSi/c1-29(2,3)20-13-14-21-22-10-7-11-23(26(22)28-25(21)16-20)24-15-12-19(17-27-24)18-8-5-4-6-9-18/h7,10-18H,4-6,8-9H2,1-3H3. The smallest absolute Gasteiger partial charge is 0.144 e. The van der Waals surface area contributed by atoms with Crippen molar-refractivity contribution >= 4 is 35.2 Å². The molecule has 0 spiro atoms. The number of nitrogens with zero attached hydrogens (tertiary/aromatic N) is 1. The Hall–Kier alpha value is -2.39. The van der Waals surface area contributed by atoms with Crippen LogP contribution in [0.1, 0.15) is 43.6 Å². The van der Waals surface area contributed by atoms with Crippen molar-refractivity contribution in [2.45, 2.75) is 57.7 Å². The van der Waals surface area contributed by atoms with Gasteiger partial charge in [-0.1, -0.05) is 74.4 Å². The summed E-state index contributed by atoms with van der Waals surface area (Å²) in [5, 5.41) is 3.81. The number of hydrogen-bond donors (Lipinski definition) is 0. The molecule has 5 rings (SSSR count). The Morgan fingerprint density at radius 3 is 2.45 bits per heavy atom. The van der Waals surface area contributed by atoms with Gasteiger partial charge in [-0.25, -0.2) is 0 Å². The monoisotopic (exact) mass is 399 g/mol. The molecule has 4 aromatic rings. The molecule has 2 aromatic heterocycles. The van der Waals surface area contributed by atoms with Crippen LogP contribution in [0.25, 0.3) is 33.2 Å². The first-order valence-corrected chi connectivity index (χ1v) is 14.4. The van der Waals surface area contributed by atoms with Crippen LogP contribution in [0.15, 0.2) is 59.1 Å². The maximum Gasteiger partial charge on any atom is 0.144 e. The van der Waals surface area contributed by atoms with Crippen LogP contribution >= 0.6 is 0 Å². The van der Waals surface area contributed by atoms with Gasteiger partial charge in [-0.3, -0.25) is 4.98 Å². The average molecular weight is 400 g/mol. The molecule has 0 atom stereocenters. The Morgan fingerprint density at radius 1 is 0.897 bits per heavy atom. The molecule has 0 saturated heterocycles. The van der Waals surface area contributed by atoms with Crippen LogP contribution in [0.5, 0.6) is 0 Å². The largest absolute Gasteiger partial charge is 0.455 e. The van der Waals surface area contributed by atoms with Crippen LogP contribution in [-0.2, 0) is 0 Å². The zero-order chi connectivity index (χ0) is 20.0. The molecule has 148 valence electrons. The van der Waals surface area contributed by atoms with Gasteiger partial charge < -0.3 is 4.42 Å². The number of furan rings is 1. The molecular formula is C26H29NOSi. The quantitative estimate of drug-likeness (QED) is 0.339. The Labute approximate surface area is 174 Å². The first kappa shape index (κ1) is 18.6. The summed E-state index contributed by atoms with van der Waals surface area (Å²) in [5.74, 6) is 0.687. The predicted octanol–water partition coefficient (Wildman–Crippen LogP) is 7.24. The first-order chi connectivity index (χ1) is 14.0. The third kappa shape index (κ3) is 3.42. The highest BCUT2D eigenvalue weighted by atomic mass is 28.3. The van der Waals surface area contributed by atoms with E-state index in [-0.39, 0.29) is 0 Å². The average Bonchev–Trinajstić information content (AvgIpc) is 3.12. The van der Waals surface area contributed by atoms with E-state index in [0.717, 1.165) is 22.4 Å². The minimum atomic E-state index is -1.37. The number of para-hydroxylation sites is 1. The molecule has 1 saturated carbocycles. The SMILES string of the molecule is C[Si](C)(C)c1ccc2c(c1)oc1c(-c3ccc(C4CCCCC4)cn3)cccc12. The van der Waals surface area contributed by atoms with Crippen LogP contribution in [0, 0.1) is 0 Å². The second-order valence-corrected chi connectivity index (χ2v) is 14.6. The fourth-order valence-electron chi connectivity index (χ4n) is 4.71. The molecule has 1 aliphatic rings. The minimum absolute atomic E-state index is 0.687. The summed E-state index contributed by atoms with van der Waals surface area (Å²) in [7, 11) is -1.37. The lowest BCUT2D eigenvalue weighted by molar-refractivity contribution is 0.443. The summed E-state index contributed by atoms with van der Waals surface area (Å²) < 4.78 is 6.40. The van der Waals surface area contributed by atoms with Gasteiger partial charge in [-0.15, -0.1) is 0 Å². The van der Waals surface area contributed by atoms with Crippen molar-refractivity contribution in [1.29, 1.82) is 0 Å². The van der Waals surface area contributed by atoms with Gasteiger partial charge in [0, 0.05) is 22.5 Å². The van der Waals surface area contributed by atoms with Crippen molar-refractivity contribution in [3.05, 3.63) is 60.3 Å². The minimum Gasteiger partial charge on any atom is -0.455 e. The van der Waals surface area contributed by atoms with E-state index in [1.165, 1.54) is 53.6 Å². The molecule has 0 aliphatic heterocycles. The van der Waals surface area contributed by atoms with Gasteiger partial charge in [0.15, 0.2) is 0 Å². The molecule has 29 heavy (non-hydrogen) atoms. The highest BCUT2D eigenvalue weighted by molar-refractivity contribution is 6.88. The molecule has 0 radical (unpaired) electrons. The summed E-state index contributed by atoms with van der Waals surface area (Å²) >= 11 is 0. The Balaban J connectivity index is 1.57. The first-order valence-electron chi connectivity index (χ1n) is 10.9. The predicted molar refractivity (Wildman–Crippen MR) is 126 cm³/mol. The van der Waals surface area contributed by atoms with E-state index in [1.807, 2.05) is 0 Å². The number of pyridine rings is 1.